The summed E-state index contributed by atoms with van der Waals surface area (Å²) in [5.41, 5.74) is 5.79. The van der Waals surface area contributed by atoms with Crippen molar-refractivity contribution >= 4 is 9.84 Å². The first-order valence-corrected chi connectivity index (χ1v) is 6.02. The summed E-state index contributed by atoms with van der Waals surface area (Å²) in [5, 5.41) is 9.40. The molecule has 0 radical (unpaired) electrons. The third-order valence-electron chi connectivity index (χ3n) is 1.89. The molecule has 78 valence electrons. The smallest absolute Gasteiger partial charge is 0.175 e. The maximum atomic E-state index is 11.2. The minimum atomic E-state index is -3.22. The monoisotopic (exact) mass is 215 g/mol. The summed E-state index contributed by atoms with van der Waals surface area (Å²) >= 11 is 0. The van der Waals surface area contributed by atoms with Gasteiger partial charge in [0.25, 0.3) is 0 Å². The standard InChI is InChI=1S/C9H13NO3S/c1-14(12,13)8-4-2-3-7(5-8)9(11)6-10/h2-5,9,11H,6,10H2,1H3/t9-/m1/s1. The van der Waals surface area contributed by atoms with Crippen LogP contribution < -0.4 is 5.73 Å². The Morgan fingerprint density at radius 1 is 1.50 bits per heavy atom. The predicted molar refractivity (Wildman–Crippen MR) is 53.6 cm³/mol. The van der Waals surface area contributed by atoms with Gasteiger partial charge in [0.1, 0.15) is 0 Å². The van der Waals surface area contributed by atoms with Crippen LogP contribution in [0, 0.1) is 0 Å². The van der Waals surface area contributed by atoms with E-state index in [1.165, 1.54) is 12.1 Å². The molecule has 0 aromatic heterocycles. The molecule has 1 aromatic carbocycles. The number of hydrogen-bond acceptors (Lipinski definition) is 4. The fourth-order valence-corrected chi connectivity index (χ4v) is 1.76. The normalized spacial score (nSPS) is 13.9. The zero-order valence-electron chi connectivity index (χ0n) is 7.84. The molecule has 0 unspecified atom stereocenters. The molecule has 0 amide bonds. The van der Waals surface area contributed by atoms with E-state index < -0.39 is 15.9 Å². The van der Waals surface area contributed by atoms with Crippen molar-refractivity contribution in [2.45, 2.75) is 11.0 Å². The van der Waals surface area contributed by atoms with Crippen molar-refractivity contribution in [3.8, 4) is 0 Å². The Hall–Kier alpha value is -0.910. The maximum absolute atomic E-state index is 11.2. The van der Waals surface area contributed by atoms with E-state index in [0.717, 1.165) is 6.26 Å². The van der Waals surface area contributed by atoms with Crippen LogP contribution in [0.3, 0.4) is 0 Å². The third-order valence-corrected chi connectivity index (χ3v) is 3.00. The Balaban J connectivity index is 3.14. The van der Waals surface area contributed by atoms with E-state index in [4.69, 9.17) is 5.73 Å². The number of sulfone groups is 1. The molecule has 1 atom stereocenters. The summed E-state index contributed by atoms with van der Waals surface area (Å²) in [6, 6.07) is 6.16. The number of aliphatic hydroxyl groups excluding tert-OH is 1. The summed E-state index contributed by atoms with van der Waals surface area (Å²) in [4.78, 5) is 0.197. The first kappa shape index (κ1) is 11.2. The van der Waals surface area contributed by atoms with Crippen LogP contribution in [0.2, 0.25) is 0 Å². The fourth-order valence-electron chi connectivity index (χ4n) is 1.09. The maximum Gasteiger partial charge on any atom is 0.175 e. The predicted octanol–water partition coefficient (Wildman–Crippen LogP) is 0.0822. The highest BCUT2D eigenvalue weighted by Gasteiger charge is 2.10. The average Bonchev–Trinajstić information content (AvgIpc) is 2.15. The molecule has 1 aromatic rings. The quantitative estimate of drug-likeness (QED) is 0.748. The van der Waals surface area contributed by atoms with E-state index >= 15 is 0 Å². The molecule has 0 aliphatic heterocycles. The van der Waals surface area contributed by atoms with Gasteiger partial charge in [-0.15, -0.1) is 0 Å². The van der Waals surface area contributed by atoms with Gasteiger partial charge >= 0.3 is 0 Å². The van der Waals surface area contributed by atoms with E-state index in [0.29, 0.717) is 5.56 Å². The highest BCUT2D eigenvalue weighted by molar-refractivity contribution is 7.90. The number of rotatable bonds is 3. The summed E-state index contributed by atoms with van der Waals surface area (Å²) in [6.07, 6.45) is 0.317. The van der Waals surface area contributed by atoms with E-state index in [9.17, 15) is 13.5 Å². The van der Waals surface area contributed by atoms with Crippen LogP contribution in [0.1, 0.15) is 11.7 Å². The van der Waals surface area contributed by atoms with Gasteiger partial charge in [0.2, 0.25) is 0 Å². The molecular weight excluding hydrogens is 202 g/mol. The summed E-state index contributed by atoms with van der Waals surface area (Å²) < 4.78 is 22.4. The van der Waals surface area contributed by atoms with Gasteiger partial charge in [-0.2, -0.15) is 0 Å². The molecule has 0 bridgehead atoms. The Morgan fingerprint density at radius 3 is 2.64 bits per heavy atom. The van der Waals surface area contributed by atoms with Gasteiger partial charge in [0.15, 0.2) is 9.84 Å². The van der Waals surface area contributed by atoms with Crippen LogP contribution in [0.5, 0.6) is 0 Å². The van der Waals surface area contributed by atoms with Crippen LogP contribution in [0.25, 0.3) is 0 Å². The Bertz CT molecular complexity index is 414. The molecule has 0 aliphatic carbocycles. The van der Waals surface area contributed by atoms with Gasteiger partial charge < -0.3 is 10.8 Å². The Labute approximate surface area is 83.3 Å². The minimum Gasteiger partial charge on any atom is -0.387 e. The Kier molecular flexibility index (Phi) is 3.25. The van der Waals surface area contributed by atoms with Crippen LogP contribution >= 0.6 is 0 Å². The molecule has 0 aliphatic rings. The SMILES string of the molecule is CS(=O)(=O)c1cccc([C@H](O)CN)c1. The molecule has 0 spiro atoms. The first-order chi connectivity index (χ1) is 6.45. The highest BCUT2D eigenvalue weighted by Crippen LogP contribution is 2.16. The van der Waals surface area contributed by atoms with Crippen molar-refractivity contribution < 1.29 is 13.5 Å². The average molecular weight is 215 g/mol. The summed E-state index contributed by atoms with van der Waals surface area (Å²) in [6.45, 7) is 0.0766. The number of aliphatic hydroxyl groups is 1. The van der Waals surface area contributed by atoms with Gasteiger partial charge in [-0.05, 0) is 17.7 Å². The number of hydrogen-bond donors (Lipinski definition) is 2. The molecule has 1 rings (SSSR count). The van der Waals surface area contributed by atoms with Crippen LogP contribution in [-0.2, 0) is 9.84 Å². The zero-order chi connectivity index (χ0) is 10.8. The summed E-state index contributed by atoms with van der Waals surface area (Å²) in [5.74, 6) is 0. The lowest BCUT2D eigenvalue weighted by Crippen LogP contribution is -2.12. The molecule has 4 nitrogen and oxygen atoms in total. The van der Waals surface area contributed by atoms with E-state index in [-0.39, 0.29) is 11.4 Å². The number of benzene rings is 1. The van der Waals surface area contributed by atoms with Crippen molar-refractivity contribution in [1.29, 1.82) is 0 Å². The van der Waals surface area contributed by atoms with Crippen LogP contribution in [0.15, 0.2) is 29.2 Å². The van der Waals surface area contributed by atoms with Gasteiger partial charge in [-0.25, -0.2) is 8.42 Å². The molecule has 0 heterocycles. The fraction of sp³-hybridized carbons (Fsp3) is 0.333. The lowest BCUT2D eigenvalue weighted by atomic mass is 10.1. The van der Waals surface area contributed by atoms with E-state index in [2.05, 4.69) is 0 Å². The van der Waals surface area contributed by atoms with E-state index in [1.807, 2.05) is 0 Å². The largest absolute Gasteiger partial charge is 0.387 e. The lowest BCUT2D eigenvalue weighted by Gasteiger charge is -2.08. The topological polar surface area (TPSA) is 80.4 Å². The van der Waals surface area contributed by atoms with Crippen molar-refractivity contribution in [2.75, 3.05) is 12.8 Å². The van der Waals surface area contributed by atoms with Gasteiger partial charge in [-0.3, -0.25) is 0 Å². The van der Waals surface area contributed by atoms with Crippen LogP contribution in [0.4, 0.5) is 0 Å². The van der Waals surface area contributed by atoms with Gasteiger partial charge in [0.05, 0.1) is 11.0 Å². The molecular formula is C9H13NO3S. The molecule has 14 heavy (non-hydrogen) atoms. The molecule has 0 saturated heterocycles. The second kappa shape index (κ2) is 4.08. The van der Waals surface area contributed by atoms with Crippen molar-refractivity contribution in [1.82, 2.24) is 0 Å². The highest BCUT2D eigenvalue weighted by atomic mass is 32.2. The van der Waals surface area contributed by atoms with Gasteiger partial charge in [0, 0.05) is 12.8 Å². The molecule has 3 N–H and O–H groups in total. The number of nitrogens with two attached hydrogens (primary N) is 1. The lowest BCUT2D eigenvalue weighted by molar-refractivity contribution is 0.186. The first-order valence-electron chi connectivity index (χ1n) is 4.13. The Morgan fingerprint density at radius 2 is 2.14 bits per heavy atom. The van der Waals surface area contributed by atoms with Crippen molar-refractivity contribution in [3.63, 3.8) is 0 Å². The summed E-state index contributed by atoms with van der Waals surface area (Å²) in [7, 11) is -3.22. The molecule has 5 heteroatoms. The third kappa shape index (κ3) is 2.54. The molecule has 0 fully saturated rings. The van der Waals surface area contributed by atoms with Crippen LogP contribution in [-0.4, -0.2) is 26.3 Å². The van der Waals surface area contributed by atoms with Crippen molar-refractivity contribution in [2.24, 2.45) is 5.73 Å². The van der Waals surface area contributed by atoms with Crippen molar-refractivity contribution in [3.05, 3.63) is 29.8 Å². The second-order valence-electron chi connectivity index (χ2n) is 3.10. The van der Waals surface area contributed by atoms with Gasteiger partial charge in [-0.1, -0.05) is 12.1 Å². The zero-order valence-corrected chi connectivity index (χ0v) is 8.66. The second-order valence-corrected chi connectivity index (χ2v) is 5.11. The minimum absolute atomic E-state index is 0.0766. The molecule has 0 saturated carbocycles. The van der Waals surface area contributed by atoms with E-state index in [1.54, 1.807) is 12.1 Å².